The highest BCUT2D eigenvalue weighted by Crippen LogP contribution is 2.30. The van der Waals surface area contributed by atoms with Gasteiger partial charge in [-0.05, 0) is 42.5 Å². The van der Waals surface area contributed by atoms with Gasteiger partial charge in [-0.1, -0.05) is 28.1 Å². The highest BCUT2D eigenvalue weighted by atomic mass is 79.9. The van der Waals surface area contributed by atoms with Crippen molar-refractivity contribution in [2.24, 2.45) is 4.99 Å². The zero-order chi connectivity index (χ0) is 14.8. The molecule has 1 fully saturated rings. The van der Waals surface area contributed by atoms with Crippen LogP contribution in [0, 0.1) is 0 Å². The Kier molecular flexibility index (Phi) is 4.47. The summed E-state index contributed by atoms with van der Waals surface area (Å²) in [5, 5.41) is 4.22. The summed E-state index contributed by atoms with van der Waals surface area (Å²) >= 11 is 4.88. The first kappa shape index (κ1) is 14.8. The van der Waals surface area contributed by atoms with E-state index in [1.807, 2.05) is 30.3 Å². The lowest BCUT2D eigenvalue weighted by Gasteiger charge is -2.32. The Balaban J connectivity index is 1.73. The summed E-state index contributed by atoms with van der Waals surface area (Å²) in [6, 6.07) is 8.33. The minimum absolute atomic E-state index is 0.135. The Hall–Kier alpha value is -1.11. The summed E-state index contributed by atoms with van der Waals surface area (Å²) in [4.78, 5) is 19.1. The van der Waals surface area contributed by atoms with Crippen LogP contribution in [0.5, 0.6) is 0 Å². The van der Waals surface area contributed by atoms with Crippen LogP contribution in [0.3, 0.4) is 0 Å². The molecular formula is C15H16BrN3OS. The second-order valence-corrected chi connectivity index (χ2v) is 7.09. The molecule has 3 rings (SSSR count). The van der Waals surface area contributed by atoms with Crippen LogP contribution < -0.4 is 5.32 Å². The van der Waals surface area contributed by atoms with Crippen LogP contribution in [0.4, 0.5) is 0 Å². The average molecular weight is 366 g/mol. The zero-order valence-corrected chi connectivity index (χ0v) is 14.1. The largest absolute Gasteiger partial charge is 0.348 e. The molecule has 1 aromatic rings. The van der Waals surface area contributed by atoms with E-state index >= 15 is 0 Å². The van der Waals surface area contributed by atoms with E-state index in [1.165, 1.54) is 11.8 Å². The highest BCUT2D eigenvalue weighted by Gasteiger charge is 2.28. The molecule has 6 heteroatoms. The van der Waals surface area contributed by atoms with Crippen LogP contribution in [0.15, 0.2) is 38.6 Å². The van der Waals surface area contributed by atoms with E-state index in [-0.39, 0.29) is 5.91 Å². The number of carbonyl (C=O) groups excluding carboxylic acids is 1. The molecule has 4 nitrogen and oxygen atoms in total. The first-order valence-corrected chi connectivity index (χ1v) is 8.49. The first-order valence-electron chi connectivity index (χ1n) is 6.88. The molecule has 0 radical (unpaired) electrons. The van der Waals surface area contributed by atoms with Crippen molar-refractivity contribution in [2.75, 3.05) is 19.6 Å². The lowest BCUT2D eigenvalue weighted by molar-refractivity contribution is -0.113. The monoisotopic (exact) mass is 365 g/mol. The van der Waals surface area contributed by atoms with Crippen LogP contribution in [0.2, 0.25) is 0 Å². The van der Waals surface area contributed by atoms with E-state index in [2.05, 4.69) is 38.1 Å². The van der Waals surface area contributed by atoms with Gasteiger partial charge < -0.3 is 10.2 Å². The SMILES string of the molecule is C[C@H]1CN(C2=NC(=O)/C(=C\c3ccc(Br)cc3)S2)CCN1. The van der Waals surface area contributed by atoms with Crippen molar-refractivity contribution >= 4 is 44.8 Å². The number of hydrogen-bond acceptors (Lipinski definition) is 4. The Labute approximate surface area is 136 Å². The molecular weight excluding hydrogens is 350 g/mol. The summed E-state index contributed by atoms with van der Waals surface area (Å²) in [5.41, 5.74) is 1.01. The molecule has 2 aliphatic rings. The van der Waals surface area contributed by atoms with Gasteiger partial charge in [-0.2, -0.15) is 4.99 Å². The molecule has 0 aromatic heterocycles. The highest BCUT2D eigenvalue weighted by molar-refractivity contribution is 9.10. The van der Waals surface area contributed by atoms with Gasteiger partial charge in [0, 0.05) is 30.1 Å². The zero-order valence-electron chi connectivity index (χ0n) is 11.7. The number of carbonyl (C=O) groups is 1. The number of piperazine rings is 1. The molecule has 1 N–H and O–H groups in total. The predicted octanol–water partition coefficient (Wildman–Crippen LogP) is 2.71. The van der Waals surface area contributed by atoms with Crippen molar-refractivity contribution in [3.8, 4) is 0 Å². The molecule has 2 heterocycles. The van der Waals surface area contributed by atoms with Crippen molar-refractivity contribution in [1.82, 2.24) is 10.2 Å². The van der Waals surface area contributed by atoms with Gasteiger partial charge in [0.15, 0.2) is 5.17 Å². The molecule has 2 aliphatic heterocycles. The molecule has 1 saturated heterocycles. The van der Waals surface area contributed by atoms with Gasteiger partial charge in [-0.15, -0.1) is 0 Å². The van der Waals surface area contributed by atoms with Gasteiger partial charge in [0.2, 0.25) is 0 Å². The van der Waals surface area contributed by atoms with Crippen molar-refractivity contribution in [1.29, 1.82) is 0 Å². The van der Waals surface area contributed by atoms with Crippen LogP contribution in [-0.2, 0) is 4.79 Å². The Morgan fingerprint density at radius 3 is 2.90 bits per heavy atom. The number of nitrogens with zero attached hydrogens (tertiary/aromatic N) is 2. The normalized spacial score (nSPS) is 24.6. The molecule has 0 aliphatic carbocycles. The fourth-order valence-electron chi connectivity index (χ4n) is 2.35. The van der Waals surface area contributed by atoms with Crippen LogP contribution in [-0.4, -0.2) is 41.7 Å². The maximum absolute atomic E-state index is 12.1. The van der Waals surface area contributed by atoms with Crippen LogP contribution in [0.25, 0.3) is 6.08 Å². The van der Waals surface area contributed by atoms with Crippen molar-refractivity contribution in [2.45, 2.75) is 13.0 Å². The van der Waals surface area contributed by atoms with E-state index in [0.29, 0.717) is 10.9 Å². The number of hydrogen-bond donors (Lipinski definition) is 1. The number of nitrogens with one attached hydrogen (secondary N) is 1. The summed E-state index contributed by atoms with van der Waals surface area (Å²) in [6.45, 7) is 4.87. The second-order valence-electron chi connectivity index (χ2n) is 5.16. The van der Waals surface area contributed by atoms with Crippen LogP contribution >= 0.6 is 27.7 Å². The van der Waals surface area contributed by atoms with E-state index in [9.17, 15) is 4.79 Å². The topological polar surface area (TPSA) is 44.7 Å². The molecule has 0 bridgehead atoms. The lowest BCUT2D eigenvalue weighted by Crippen LogP contribution is -2.50. The number of halogens is 1. The number of thioether (sulfide) groups is 1. The van der Waals surface area contributed by atoms with Gasteiger partial charge in [-0.25, -0.2) is 0 Å². The standard InChI is InChI=1S/C15H16BrN3OS/c1-10-9-19(7-6-17-10)15-18-14(20)13(21-15)8-11-2-4-12(16)5-3-11/h2-5,8,10,17H,6-7,9H2,1H3/b13-8+/t10-/m0/s1. The van der Waals surface area contributed by atoms with E-state index in [4.69, 9.17) is 0 Å². The predicted molar refractivity (Wildman–Crippen MR) is 91.2 cm³/mol. The number of amidine groups is 1. The van der Waals surface area contributed by atoms with Gasteiger partial charge in [-0.3, -0.25) is 4.79 Å². The molecule has 0 saturated carbocycles. The van der Waals surface area contributed by atoms with E-state index in [1.54, 1.807) is 0 Å². The number of amides is 1. The third-order valence-corrected chi connectivity index (χ3v) is 4.99. The Morgan fingerprint density at radius 2 is 2.19 bits per heavy atom. The summed E-state index contributed by atoms with van der Waals surface area (Å²) in [6.07, 6.45) is 1.90. The van der Waals surface area contributed by atoms with Gasteiger partial charge in [0.25, 0.3) is 5.91 Å². The summed E-state index contributed by atoms with van der Waals surface area (Å²) in [7, 11) is 0. The molecule has 21 heavy (non-hydrogen) atoms. The summed E-state index contributed by atoms with van der Waals surface area (Å²) < 4.78 is 1.03. The van der Waals surface area contributed by atoms with Crippen molar-refractivity contribution < 1.29 is 4.79 Å². The number of benzene rings is 1. The Morgan fingerprint density at radius 1 is 1.43 bits per heavy atom. The average Bonchev–Trinajstić information content (AvgIpc) is 2.83. The third kappa shape index (κ3) is 3.56. The van der Waals surface area contributed by atoms with Crippen molar-refractivity contribution in [3.63, 3.8) is 0 Å². The number of rotatable bonds is 1. The van der Waals surface area contributed by atoms with Crippen LogP contribution in [0.1, 0.15) is 12.5 Å². The maximum atomic E-state index is 12.1. The third-order valence-electron chi connectivity index (χ3n) is 3.42. The van der Waals surface area contributed by atoms with E-state index < -0.39 is 0 Å². The van der Waals surface area contributed by atoms with Gasteiger partial charge in [0.1, 0.15) is 0 Å². The molecule has 110 valence electrons. The molecule has 1 atom stereocenters. The Bertz CT molecular complexity index is 612. The molecule has 1 aromatic carbocycles. The quantitative estimate of drug-likeness (QED) is 0.777. The molecule has 1 amide bonds. The summed E-state index contributed by atoms with van der Waals surface area (Å²) in [5.74, 6) is -0.135. The van der Waals surface area contributed by atoms with Gasteiger partial charge in [0.05, 0.1) is 4.91 Å². The fraction of sp³-hybridized carbons (Fsp3) is 0.333. The molecule has 0 spiro atoms. The molecule has 0 unspecified atom stereocenters. The first-order chi connectivity index (χ1) is 10.1. The minimum Gasteiger partial charge on any atom is -0.348 e. The minimum atomic E-state index is -0.135. The van der Waals surface area contributed by atoms with Crippen molar-refractivity contribution in [3.05, 3.63) is 39.2 Å². The smallest absolute Gasteiger partial charge is 0.286 e. The lowest BCUT2D eigenvalue weighted by atomic mass is 10.2. The van der Waals surface area contributed by atoms with E-state index in [0.717, 1.165) is 34.8 Å². The number of aliphatic imine (C=N–C) groups is 1. The second kappa shape index (κ2) is 6.34. The fourth-order valence-corrected chi connectivity index (χ4v) is 3.56. The van der Waals surface area contributed by atoms with Gasteiger partial charge >= 0.3 is 0 Å². The maximum Gasteiger partial charge on any atom is 0.286 e.